The minimum Gasteiger partial charge on any atom is -0.338 e. The van der Waals surface area contributed by atoms with Gasteiger partial charge in [-0.05, 0) is 12.3 Å². The smallest absolute Gasteiger partial charge is 0.324 e. The molecule has 4 heteroatoms. The number of rotatable bonds is 2. The first-order valence-electron chi connectivity index (χ1n) is 4.69. The van der Waals surface area contributed by atoms with E-state index in [-0.39, 0.29) is 11.9 Å². The summed E-state index contributed by atoms with van der Waals surface area (Å²) in [5.41, 5.74) is 0. The van der Waals surface area contributed by atoms with Crippen molar-refractivity contribution in [1.82, 2.24) is 10.2 Å². The van der Waals surface area contributed by atoms with E-state index in [0.29, 0.717) is 25.4 Å². The van der Waals surface area contributed by atoms with Gasteiger partial charge in [0.1, 0.15) is 0 Å². The fourth-order valence-corrected chi connectivity index (χ4v) is 1.33. The van der Waals surface area contributed by atoms with Crippen LogP contribution < -0.4 is 5.32 Å². The van der Waals surface area contributed by atoms with Crippen LogP contribution in [-0.4, -0.2) is 29.9 Å². The standard InChI is InChI=1S/C9H16N2O2/c1-7(2)6-8(12)11-5-3-4-10-9(11)13/h7H,3-6H2,1-2H3,(H,10,13). The van der Waals surface area contributed by atoms with Gasteiger partial charge in [-0.2, -0.15) is 0 Å². The summed E-state index contributed by atoms with van der Waals surface area (Å²) in [4.78, 5) is 24.0. The lowest BCUT2D eigenvalue weighted by Gasteiger charge is -2.26. The Morgan fingerprint density at radius 3 is 2.85 bits per heavy atom. The Balaban J connectivity index is 2.49. The molecule has 1 fully saturated rings. The number of carbonyl (C=O) groups is 2. The van der Waals surface area contributed by atoms with Gasteiger partial charge >= 0.3 is 6.03 Å². The minimum atomic E-state index is -0.239. The molecular weight excluding hydrogens is 168 g/mol. The van der Waals surface area contributed by atoms with Gasteiger partial charge in [-0.1, -0.05) is 13.8 Å². The van der Waals surface area contributed by atoms with Crippen LogP contribution >= 0.6 is 0 Å². The summed E-state index contributed by atoms with van der Waals surface area (Å²) >= 11 is 0. The van der Waals surface area contributed by atoms with Crippen molar-refractivity contribution in [3.63, 3.8) is 0 Å². The summed E-state index contributed by atoms with van der Waals surface area (Å²) < 4.78 is 0. The third-order valence-corrected chi connectivity index (χ3v) is 1.96. The average molecular weight is 184 g/mol. The van der Waals surface area contributed by atoms with Gasteiger partial charge in [0.15, 0.2) is 0 Å². The maximum absolute atomic E-state index is 11.5. The van der Waals surface area contributed by atoms with Crippen LogP contribution in [0.1, 0.15) is 26.7 Å². The Kier molecular flexibility index (Phi) is 3.28. The minimum absolute atomic E-state index is 0.0628. The van der Waals surface area contributed by atoms with Gasteiger partial charge < -0.3 is 5.32 Å². The van der Waals surface area contributed by atoms with Crippen molar-refractivity contribution in [2.75, 3.05) is 13.1 Å². The van der Waals surface area contributed by atoms with Crippen LogP contribution in [0.5, 0.6) is 0 Å². The summed E-state index contributed by atoms with van der Waals surface area (Å²) in [5.74, 6) is 0.245. The van der Waals surface area contributed by atoms with Gasteiger partial charge in [-0.3, -0.25) is 9.69 Å². The highest BCUT2D eigenvalue weighted by Gasteiger charge is 2.23. The lowest BCUT2D eigenvalue weighted by Crippen LogP contribution is -2.49. The zero-order chi connectivity index (χ0) is 9.84. The van der Waals surface area contributed by atoms with Gasteiger partial charge in [0.05, 0.1) is 0 Å². The third kappa shape index (κ3) is 2.72. The lowest BCUT2D eigenvalue weighted by molar-refractivity contribution is -0.129. The molecule has 1 aliphatic rings. The van der Waals surface area contributed by atoms with Crippen LogP contribution in [0, 0.1) is 5.92 Å². The molecule has 0 aromatic heterocycles. The predicted molar refractivity (Wildman–Crippen MR) is 49.2 cm³/mol. The Bertz CT molecular complexity index is 214. The normalized spacial score (nSPS) is 17.5. The van der Waals surface area contributed by atoms with E-state index in [0.717, 1.165) is 6.42 Å². The average Bonchev–Trinajstić information content (AvgIpc) is 2.03. The number of hydrogen-bond donors (Lipinski definition) is 1. The highest BCUT2D eigenvalue weighted by molar-refractivity contribution is 5.94. The summed E-state index contributed by atoms with van der Waals surface area (Å²) in [5, 5.41) is 2.65. The summed E-state index contributed by atoms with van der Waals surface area (Å²) in [6.45, 7) is 5.20. The van der Waals surface area contributed by atoms with Gasteiger partial charge in [0, 0.05) is 19.5 Å². The first kappa shape index (κ1) is 10.0. The number of nitrogens with zero attached hydrogens (tertiary/aromatic N) is 1. The van der Waals surface area contributed by atoms with Crippen LogP contribution in [0.3, 0.4) is 0 Å². The number of carbonyl (C=O) groups excluding carboxylic acids is 2. The van der Waals surface area contributed by atoms with Gasteiger partial charge in [-0.15, -0.1) is 0 Å². The number of nitrogens with one attached hydrogen (secondary N) is 1. The maximum Gasteiger partial charge on any atom is 0.324 e. The van der Waals surface area contributed by atoms with Crippen LogP contribution in [0.4, 0.5) is 4.79 Å². The van der Waals surface area contributed by atoms with E-state index in [1.54, 1.807) is 0 Å². The largest absolute Gasteiger partial charge is 0.338 e. The molecule has 74 valence electrons. The van der Waals surface area contributed by atoms with Crippen molar-refractivity contribution < 1.29 is 9.59 Å². The Labute approximate surface area is 78.3 Å². The van der Waals surface area contributed by atoms with E-state index in [9.17, 15) is 9.59 Å². The Hall–Kier alpha value is -1.06. The molecule has 0 unspecified atom stereocenters. The number of urea groups is 1. The van der Waals surface area contributed by atoms with Crippen LogP contribution in [-0.2, 0) is 4.79 Å². The maximum atomic E-state index is 11.5. The summed E-state index contributed by atoms with van der Waals surface area (Å²) in [6, 6.07) is -0.239. The predicted octanol–water partition coefficient (Wildman–Crippen LogP) is 0.974. The Morgan fingerprint density at radius 1 is 1.62 bits per heavy atom. The van der Waals surface area contributed by atoms with E-state index in [1.807, 2.05) is 13.8 Å². The SMILES string of the molecule is CC(C)CC(=O)N1CCCNC1=O. The first-order valence-corrected chi connectivity index (χ1v) is 4.69. The molecule has 0 aromatic carbocycles. The number of imide groups is 1. The zero-order valence-corrected chi connectivity index (χ0v) is 8.17. The van der Waals surface area contributed by atoms with Crippen LogP contribution in [0.25, 0.3) is 0 Å². The van der Waals surface area contributed by atoms with Crippen LogP contribution in [0.15, 0.2) is 0 Å². The van der Waals surface area contributed by atoms with Gasteiger partial charge in [0.25, 0.3) is 0 Å². The molecule has 3 amide bonds. The van der Waals surface area contributed by atoms with E-state index in [4.69, 9.17) is 0 Å². The number of amides is 3. The molecule has 0 atom stereocenters. The van der Waals surface area contributed by atoms with Crippen molar-refractivity contribution in [2.45, 2.75) is 26.7 Å². The monoisotopic (exact) mass is 184 g/mol. The fourth-order valence-electron chi connectivity index (χ4n) is 1.33. The fraction of sp³-hybridized carbons (Fsp3) is 0.778. The molecule has 0 bridgehead atoms. The first-order chi connectivity index (χ1) is 6.11. The quantitative estimate of drug-likeness (QED) is 0.695. The van der Waals surface area contributed by atoms with Crippen LogP contribution in [0.2, 0.25) is 0 Å². The third-order valence-electron chi connectivity index (χ3n) is 1.96. The molecule has 0 aliphatic carbocycles. The molecule has 0 spiro atoms. The van der Waals surface area contributed by atoms with E-state index in [2.05, 4.69) is 5.32 Å². The molecule has 1 N–H and O–H groups in total. The van der Waals surface area contributed by atoms with E-state index >= 15 is 0 Å². The van der Waals surface area contributed by atoms with Gasteiger partial charge in [-0.25, -0.2) is 4.79 Å². The molecule has 0 saturated carbocycles. The van der Waals surface area contributed by atoms with Crippen molar-refractivity contribution in [3.8, 4) is 0 Å². The molecule has 1 saturated heterocycles. The van der Waals surface area contributed by atoms with Gasteiger partial charge in [0.2, 0.25) is 5.91 Å². The van der Waals surface area contributed by atoms with Crippen molar-refractivity contribution in [3.05, 3.63) is 0 Å². The highest BCUT2D eigenvalue weighted by atomic mass is 16.2. The number of hydrogen-bond acceptors (Lipinski definition) is 2. The lowest BCUT2D eigenvalue weighted by atomic mass is 10.1. The molecule has 4 nitrogen and oxygen atoms in total. The molecule has 13 heavy (non-hydrogen) atoms. The second-order valence-corrected chi connectivity index (χ2v) is 3.73. The second kappa shape index (κ2) is 4.25. The Morgan fingerprint density at radius 2 is 2.31 bits per heavy atom. The summed E-state index contributed by atoms with van der Waals surface area (Å²) in [7, 11) is 0. The van der Waals surface area contributed by atoms with Crippen molar-refractivity contribution in [1.29, 1.82) is 0 Å². The second-order valence-electron chi connectivity index (χ2n) is 3.73. The molecule has 1 heterocycles. The zero-order valence-electron chi connectivity index (χ0n) is 8.17. The van der Waals surface area contributed by atoms with Crippen molar-refractivity contribution >= 4 is 11.9 Å². The van der Waals surface area contributed by atoms with E-state index in [1.165, 1.54) is 4.90 Å². The topological polar surface area (TPSA) is 49.4 Å². The molecule has 1 aliphatic heterocycles. The molecular formula is C9H16N2O2. The summed E-state index contributed by atoms with van der Waals surface area (Å²) in [6.07, 6.45) is 1.31. The molecule has 0 radical (unpaired) electrons. The van der Waals surface area contributed by atoms with Crippen molar-refractivity contribution in [2.24, 2.45) is 5.92 Å². The molecule has 0 aromatic rings. The van der Waals surface area contributed by atoms with E-state index < -0.39 is 0 Å². The highest BCUT2D eigenvalue weighted by Crippen LogP contribution is 2.07. The molecule has 1 rings (SSSR count).